The number of amides is 1. The lowest BCUT2D eigenvalue weighted by Gasteiger charge is -2.43. The van der Waals surface area contributed by atoms with Crippen LogP contribution in [0.4, 0.5) is 17.6 Å². The second-order valence-electron chi connectivity index (χ2n) is 10.8. The van der Waals surface area contributed by atoms with Crippen LogP contribution >= 0.6 is 0 Å². The Hall–Kier alpha value is -3.65. The van der Waals surface area contributed by atoms with Crippen molar-refractivity contribution < 1.29 is 22.4 Å². The Labute approximate surface area is 231 Å². The molecule has 4 nitrogen and oxygen atoms in total. The van der Waals surface area contributed by atoms with Crippen molar-refractivity contribution in [1.29, 1.82) is 0 Å². The number of halogens is 4. The highest BCUT2D eigenvalue weighted by atomic mass is 19.2. The number of likely N-dealkylation sites (N-methyl/N-ethyl adjacent to an activating group) is 1. The van der Waals surface area contributed by atoms with Gasteiger partial charge in [0, 0.05) is 28.7 Å². The molecule has 210 valence electrons. The molecule has 1 aromatic heterocycles. The highest BCUT2D eigenvalue weighted by molar-refractivity contribution is 5.95. The van der Waals surface area contributed by atoms with E-state index in [2.05, 4.69) is 28.9 Å². The summed E-state index contributed by atoms with van der Waals surface area (Å²) in [5, 5.41) is 1.05. The van der Waals surface area contributed by atoms with E-state index in [1.807, 2.05) is 56.6 Å². The Kier molecular flexibility index (Phi) is 7.73. The molecule has 0 spiro atoms. The number of nitrogens with one attached hydrogen (secondary N) is 1. The molecule has 1 aliphatic heterocycles. The van der Waals surface area contributed by atoms with E-state index in [0.29, 0.717) is 25.3 Å². The molecule has 4 aromatic rings. The number of nitrogens with zero attached hydrogens (tertiary/aromatic N) is 2. The van der Waals surface area contributed by atoms with Crippen LogP contribution in [0.2, 0.25) is 0 Å². The van der Waals surface area contributed by atoms with Crippen molar-refractivity contribution >= 4 is 16.8 Å². The average Bonchev–Trinajstić information content (AvgIpc) is 3.35. The molecule has 0 fully saturated rings. The summed E-state index contributed by atoms with van der Waals surface area (Å²) in [5.41, 5.74) is 3.00. The SMILES string of the molecule is CCC(CCC1c2[nH]c3ccccc3c2CCN1C(=O)c1cc(F)c(F)c(F)c1F)(Cc1ccccc1)N(C)C. The van der Waals surface area contributed by atoms with Crippen LogP contribution in [0.1, 0.15) is 59.4 Å². The predicted molar refractivity (Wildman–Crippen MR) is 148 cm³/mol. The molecule has 2 heterocycles. The molecular weight excluding hydrogens is 518 g/mol. The monoisotopic (exact) mass is 551 g/mol. The number of hydrogen-bond donors (Lipinski definition) is 1. The fourth-order valence-corrected chi connectivity index (χ4v) is 6.21. The topological polar surface area (TPSA) is 39.3 Å². The van der Waals surface area contributed by atoms with E-state index in [1.165, 1.54) is 10.5 Å². The fourth-order valence-electron chi connectivity index (χ4n) is 6.21. The van der Waals surface area contributed by atoms with E-state index in [0.717, 1.165) is 35.0 Å². The van der Waals surface area contributed by atoms with E-state index in [1.54, 1.807) is 0 Å². The normalized spacial score (nSPS) is 16.8. The quantitative estimate of drug-likeness (QED) is 0.143. The lowest BCUT2D eigenvalue weighted by Crippen LogP contribution is -2.47. The van der Waals surface area contributed by atoms with Crippen molar-refractivity contribution in [2.24, 2.45) is 0 Å². The van der Waals surface area contributed by atoms with E-state index in [-0.39, 0.29) is 12.1 Å². The number of benzene rings is 3. The minimum atomic E-state index is -1.98. The number of rotatable bonds is 8. The van der Waals surface area contributed by atoms with Crippen LogP contribution < -0.4 is 0 Å². The molecule has 3 aromatic carbocycles. The molecule has 1 amide bonds. The maximum absolute atomic E-state index is 14.8. The van der Waals surface area contributed by atoms with Crippen molar-refractivity contribution in [2.45, 2.75) is 50.6 Å². The summed E-state index contributed by atoms with van der Waals surface area (Å²) in [4.78, 5) is 20.9. The lowest BCUT2D eigenvalue weighted by atomic mass is 9.80. The second kappa shape index (κ2) is 11.1. The summed E-state index contributed by atoms with van der Waals surface area (Å²) in [5.74, 6) is -8.04. The van der Waals surface area contributed by atoms with Crippen molar-refractivity contribution in [3.05, 3.63) is 106 Å². The summed E-state index contributed by atoms with van der Waals surface area (Å²) in [6, 6.07) is 18.0. The first kappa shape index (κ1) is 27.9. The van der Waals surface area contributed by atoms with E-state index >= 15 is 0 Å². The fraction of sp³-hybridized carbons (Fsp3) is 0.344. The van der Waals surface area contributed by atoms with Crippen LogP contribution in [-0.4, -0.2) is 46.9 Å². The van der Waals surface area contributed by atoms with Gasteiger partial charge in [0.25, 0.3) is 5.91 Å². The molecular formula is C32H33F4N3O. The van der Waals surface area contributed by atoms with Crippen LogP contribution in [0.3, 0.4) is 0 Å². The molecule has 0 bridgehead atoms. The van der Waals surface area contributed by atoms with Crippen LogP contribution in [0, 0.1) is 23.3 Å². The maximum Gasteiger partial charge on any atom is 0.257 e. The van der Waals surface area contributed by atoms with Gasteiger partial charge in [-0.1, -0.05) is 55.5 Å². The van der Waals surface area contributed by atoms with Gasteiger partial charge in [-0.25, -0.2) is 17.6 Å². The molecule has 2 atom stereocenters. The highest BCUT2D eigenvalue weighted by Gasteiger charge is 2.39. The summed E-state index contributed by atoms with van der Waals surface area (Å²) in [7, 11) is 4.09. The number of carbonyl (C=O) groups excluding carboxylic acids is 1. The molecule has 0 radical (unpaired) electrons. The maximum atomic E-state index is 14.8. The molecule has 0 aliphatic carbocycles. The zero-order valence-electron chi connectivity index (χ0n) is 22.9. The first-order chi connectivity index (χ1) is 19.2. The van der Waals surface area contributed by atoms with Gasteiger partial charge in [0.1, 0.15) is 0 Å². The lowest BCUT2D eigenvalue weighted by molar-refractivity contribution is 0.0588. The Morgan fingerprint density at radius 2 is 1.70 bits per heavy atom. The number of aromatic nitrogens is 1. The predicted octanol–water partition coefficient (Wildman–Crippen LogP) is 7.20. The van der Waals surface area contributed by atoms with E-state index in [9.17, 15) is 22.4 Å². The zero-order chi connectivity index (χ0) is 28.6. The molecule has 0 saturated heterocycles. The summed E-state index contributed by atoms with van der Waals surface area (Å²) in [6.45, 7) is 2.37. The molecule has 1 aliphatic rings. The Morgan fingerprint density at radius 3 is 2.40 bits per heavy atom. The molecule has 0 saturated carbocycles. The van der Waals surface area contributed by atoms with Crippen LogP contribution in [0.5, 0.6) is 0 Å². The summed E-state index contributed by atoms with van der Waals surface area (Å²) in [6.07, 6.45) is 3.35. The second-order valence-corrected chi connectivity index (χ2v) is 10.8. The van der Waals surface area contributed by atoms with Crippen LogP contribution in [0.15, 0.2) is 60.7 Å². The first-order valence-electron chi connectivity index (χ1n) is 13.6. The van der Waals surface area contributed by atoms with Gasteiger partial charge >= 0.3 is 0 Å². The number of H-pyrrole nitrogens is 1. The molecule has 8 heteroatoms. The molecule has 1 N–H and O–H groups in total. The van der Waals surface area contributed by atoms with Crippen LogP contribution in [-0.2, 0) is 12.8 Å². The molecule has 5 rings (SSSR count). The Bertz CT molecular complexity index is 1530. The van der Waals surface area contributed by atoms with Crippen LogP contribution in [0.25, 0.3) is 10.9 Å². The smallest absolute Gasteiger partial charge is 0.257 e. The number of carbonyl (C=O) groups is 1. The number of para-hydroxylation sites is 1. The van der Waals surface area contributed by atoms with E-state index < -0.39 is 40.8 Å². The Balaban J connectivity index is 1.55. The number of fused-ring (bicyclic) bond motifs is 3. The van der Waals surface area contributed by atoms with Crippen molar-refractivity contribution in [2.75, 3.05) is 20.6 Å². The number of hydrogen-bond acceptors (Lipinski definition) is 2. The van der Waals surface area contributed by atoms with Gasteiger partial charge in [0.15, 0.2) is 23.3 Å². The average molecular weight is 552 g/mol. The van der Waals surface area contributed by atoms with Gasteiger partial charge in [-0.3, -0.25) is 4.79 Å². The summed E-state index contributed by atoms with van der Waals surface area (Å²) >= 11 is 0. The molecule has 40 heavy (non-hydrogen) atoms. The summed E-state index contributed by atoms with van der Waals surface area (Å²) < 4.78 is 56.7. The number of aromatic amines is 1. The largest absolute Gasteiger partial charge is 0.356 e. The van der Waals surface area contributed by atoms with Gasteiger partial charge in [-0.05, 0) is 69.5 Å². The van der Waals surface area contributed by atoms with Gasteiger partial charge in [0.05, 0.1) is 11.6 Å². The zero-order valence-corrected chi connectivity index (χ0v) is 22.9. The third-order valence-corrected chi connectivity index (χ3v) is 8.62. The Morgan fingerprint density at radius 1 is 1.00 bits per heavy atom. The van der Waals surface area contributed by atoms with Crippen molar-refractivity contribution in [3.63, 3.8) is 0 Å². The van der Waals surface area contributed by atoms with Crippen molar-refractivity contribution in [1.82, 2.24) is 14.8 Å². The third kappa shape index (κ3) is 4.89. The van der Waals surface area contributed by atoms with Gasteiger partial charge in [0.2, 0.25) is 0 Å². The van der Waals surface area contributed by atoms with E-state index in [4.69, 9.17) is 0 Å². The van der Waals surface area contributed by atoms with Gasteiger partial charge in [-0.15, -0.1) is 0 Å². The minimum absolute atomic E-state index is 0.234. The van der Waals surface area contributed by atoms with Gasteiger partial charge in [-0.2, -0.15) is 0 Å². The first-order valence-corrected chi connectivity index (χ1v) is 13.6. The molecule has 2 unspecified atom stereocenters. The standard InChI is InChI=1S/C32H33F4N3O/c1-4-32(38(2)3,19-20-10-6-5-7-11-20)16-14-26-30-22(21-12-8-9-13-25(21)37-30)15-17-39(26)31(40)23-18-24(33)28(35)29(36)27(23)34/h5-13,18,26,37H,4,14-17,19H2,1-3H3. The minimum Gasteiger partial charge on any atom is -0.356 e. The highest BCUT2D eigenvalue weighted by Crippen LogP contribution is 2.41. The van der Waals surface area contributed by atoms with Crippen molar-refractivity contribution in [3.8, 4) is 0 Å². The third-order valence-electron chi connectivity index (χ3n) is 8.62. The van der Waals surface area contributed by atoms with Gasteiger partial charge < -0.3 is 14.8 Å².